The number of hydrogen-bond donors (Lipinski definition) is 2. The largest absolute Gasteiger partial charge is 0.294 e. The Morgan fingerprint density at radius 3 is 2.76 bits per heavy atom. The van der Waals surface area contributed by atoms with Crippen molar-refractivity contribution in [3.05, 3.63) is 28.7 Å². The number of benzene rings is 1. The minimum absolute atomic E-state index is 0.0801. The lowest BCUT2D eigenvalue weighted by Crippen LogP contribution is -2.29. The van der Waals surface area contributed by atoms with E-state index in [2.05, 4.69) is 27.4 Å². The molecule has 1 aromatic carbocycles. The van der Waals surface area contributed by atoms with Gasteiger partial charge in [-0.2, -0.15) is 0 Å². The fourth-order valence-electron chi connectivity index (χ4n) is 1.38. The van der Waals surface area contributed by atoms with Crippen LogP contribution in [-0.2, 0) is 4.79 Å². The number of nitrogens with one attached hydrogen (secondary N) is 1. The number of rotatable bonds is 7. The molecule has 3 N–H and O–H groups in total. The first-order chi connectivity index (χ1) is 8.24. The number of carbonyl (C=O) groups excluding carboxylic acids is 1. The number of halogens is 1. The van der Waals surface area contributed by atoms with Crippen molar-refractivity contribution < 1.29 is 4.79 Å². The predicted octanol–water partition coefficient (Wildman–Crippen LogP) is 3.09. The highest BCUT2D eigenvalue weighted by atomic mass is 79.9. The van der Waals surface area contributed by atoms with Gasteiger partial charge in [-0.1, -0.05) is 18.6 Å². The molecule has 0 spiro atoms. The summed E-state index contributed by atoms with van der Waals surface area (Å²) in [4.78, 5) is 12.1. The van der Waals surface area contributed by atoms with Crippen molar-refractivity contribution in [3.63, 3.8) is 0 Å². The predicted molar refractivity (Wildman–Crippen MR) is 75.7 cm³/mol. The van der Waals surface area contributed by atoms with E-state index in [1.54, 1.807) is 0 Å². The van der Waals surface area contributed by atoms with E-state index in [4.69, 9.17) is 5.84 Å². The lowest BCUT2D eigenvalue weighted by molar-refractivity contribution is -0.121. The van der Waals surface area contributed by atoms with E-state index >= 15 is 0 Å². The lowest BCUT2D eigenvalue weighted by Gasteiger charge is -2.04. The van der Waals surface area contributed by atoms with Gasteiger partial charge in [0.05, 0.1) is 0 Å². The molecule has 0 aliphatic heterocycles. The van der Waals surface area contributed by atoms with Crippen LogP contribution < -0.4 is 11.3 Å². The Bertz CT molecular complexity index is 360. The lowest BCUT2D eigenvalue weighted by atomic mass is 10.2. The van der Waals surface area contributed by atoms with Crippen molar-refractivity contribution in [1.29, 1.82) is 0 Å². The summed E-state index contributed by atoms with van der Waals surface area (Å²) in [5.41, 5.74) is 2.14. The van der Waals surface area contributed by atoms with Crippen molar-refractivity contribution in [3.8, 4) is 0 Å². The molecule has 0 saturated heterocycles. The molecule has 5 heteroatoms. The number of nitrogens with two attached hydrogens (primary N) is 1. The van der Waals surface area contributed by atoms with Gasteiger partial charge in [0.2, 0.25) is 5.91 Å². The summed E-state index contributed by atoms with van der Waals surface area (Å²) < 4.78 is 1.15. The molecule has 0 fully saturated rings. The van der Waals surface area contributed by atoms with Crippen LogP contribution in [0.4, 0.5) is 0 Å². The summed E-state index contributed by atoms with van der Waals surface area (Å²) >= 11 is 5.36. The monoisotopic (exact) mass is 316 g/mol. The van der Waals surface area contributed by atoms with Gasteiger partial charge in [0.1, 0.15) is 0 Å². The molecule has 3 nitrogen and oxygen atoms in total. The first-order valence-corrected chi connectivity index (χ1v) is 7.38. The van der Waals surface area contributed by atoms with E-state index < -0.39 is 0 Å². The van der Waals surface area contributed by atoms with Gasteiger partial charge in [-0.25, -0.2) is 5.84 Å². The Balaban J connectivity index is 2.09. The minimum Gasteiger partial charge on any atom is -0.294 e. The van der Waals surface area contributed by atoms with E-state index in [1.165, 1.54) is 4.90 Å². The van der Waals surface area contributed by atoms with Gasteiger partial charge in [-0.15, -0.1) is 11.8 Å². The van der Waals surface area contributed by atoms with Crippen LogP contribution in [0.25, 0.3) is 0 Å². The highest BCUT2D eigenvalue weighted by molar-refractivity contribution is 9.10. The minimum atomic E-state index is -0.0801. The summed E-state index contributed by atoms with van der Waals surface area (Å²) in [6, 6.07) is 8.21. The zero-order chi connectivity index (χ0) is 12.5. The topological polar surface area (TPSA) is 55.1 Å². The van der Waals surface area contributed by atoms with Crippen LogP contribution in [0.3, 0.4) is 0 Å². The molecule has 0 atom stereocenters. The highest BCUT2D eigenvalue weighted by Gasteiger charge is 2.00. The summed E-state index contributed by atoms with van der Waals surface area (Å²) in [7, 11) is 0. The quantitative estimate of drug-likeness (QED) is 0.267. The molecule has 94 valence electrons. The van der Waals surface area contributed by atoms with Gasteiger partial charge in [0.25, 0.3) is 0 Å². The Labute approximate surface area is 115 Å². The van der Waals surface area contributed by atoms with E-state index in [1.807, 2.05) is 30.0 Å². The third-order valence-electron chi connectivity index (χ3n) is 2.30. The van der Waals surface area contributed by atoms with Gasteiger partial charge in [0.15, 0.2) is 0 Å². The van der Waals surface area contributed by atoms with Gasteiger partial charge in [-0.05, 0) is 46.7 Å². The maximum absolute atomic E-state index is 10.9. The third kappa shape index (κ3) is 6.10. The number of hydrazine groups is 1. The molecule has 1 amide bonds. The molecular formula is C12H17BrN2OS. The second kappa shape index (κ2) is 8.55. The number of thioether (sulfide) groups is 1. The molecule has 0 aliphatic rings. The smallest absolute Gasteiger partial charge is 0.233 e. The van der Waals surface area contributed by atoms with Gasteiger partial charge in [0, 0.05) is 15.8 Å². The molecule has 17 heavy (non-hydrogen) atoms. The van der Waals surface area contributed by atoms with Gasteiger partial charge >= 0.3 is 0 Å². The number of hydrogen-bond acceptors (Lipinski definition) is 3. The molecule has 0 radical (unpaired) electrons. The molecular weight excluding hydrogens is 300 g/mol. The summed E-state index contributed by atoms with van der Waals surface area (Å²) in [5.74, 6) is 5.99. The van der Waals surface area contributed by atoms with Crippen molar-refractivity contribution in [2.75, 3.05) is 5.75 Å². The van der Waals surface area contributed by atoms with E-state index in [-0.39, 0.29) is 5.91 Å². The molecule has 1 rings (SSSR count). The molecule has 0 bridgehead atoms. The zero-order valence-electron chi connectivity index (χ0n) is 9.62. The second-order valence-electron chi connectivity index (χ2n) is 3.66. The van der Waals surface area contributed by atoms with Crippen molar-refractivity contribution in [2.24, 2.45) is 5.84 Å². The van der Waals surface area contributed by atoms with E-state index in [0.29, 0.717) is 6.42 Å². The van der Waals surface area contributed by atoms with Crippen LogP contribution in [0.15, 0.2) is 33.6 Å². The molecule has 0 aromatic heterocycles. The van der Waals surface area contributed by atoms with Crippen LogP contribution in [-0.4, -0.2) is 11.7 Å². The number of amides is 1. The third-order valence-corrected chi connectivity index (χ3v) is 4.42. The molecule has 0 heterocycles. The molecule has 0 saturated carbocycles. The summed E-state index contributed by atoms with van der Waals surface area (Å²) in [6.07, 6.45) is 3.60. The van der Waals surface area contributed by atoms with Crippen molar-refractivity contribution >= 4 is 33.6 Å². The SMILES string of the molecule is NNC(=O)CCCCCSc1ccccc1Br. The zero-order valence-corrected chi connectivity index (χ0v) is 12.0. The fourth-order valence-corrected chi connectivity index (χ4v) is 2.96. The van der Waals surface area contributed by atoms with Crippen LogP contribution in [0.5, 0.6) is 0 Å². The van der Waals surface area contributed by atoms with E-state index in [9.17, 15) is 4.79 Å². The average Bonchev–Trinajstić information content (AvgIpc) is 2.35. The Kier molecular flexibility index (Phi) is 7.32. The van der Waals surface area contributed by atoms with Crippen LogP contribution in [0.2, 0.25) is 0 Å². The summed E-state index contributed by atoms with van der Waals surface area (Å²) in [5, 5.41) is 0. The first kappa shape index (κ1) is 14.5. The maximum Gasteiger partial charge on any atom is 0.233 e. The molecule has 1 aromatic rings. The molecule has 0 unspecified atom stereocenters. The van der Waals surface area contributed by atoms with Crippen LogP contribution in [0, 0.1) is 0 Å². The van der Waals surface area contributed by atoms with Crippen LogP contribution >= 0.6 is 27.7 Å². The van der Waals surface area contributed by atoms with Crippen LogP contribution in [0.1, 0.15) is 25.7 Å². The Hall–Kier alpha value is -0.520. The standard InChI is InChI=1S/C12H17BrN2OS/c13-10-6-3-4-7-11(10)17-9-5-1-2-8-12(16)15-14/h3-4,6-7H,1-2,5,8-9,14H2,(H,15,16). The number of carbonyl (C=O) groups is 1. The maximum atomic E-state index is 10.9. The number of unbranched alkanes of at least 4 members (excludes halogenated alkanes) is 2. The Morgan fingerprint density at radius 1 is 1.29 bits per heavy atom. The Morgan fingerprint density at radius 2 is 2.06 bits per heavy atom. The van der Waals surface area contributed by atoms with Crippen molar-refractivity contribution in [1.82, 2.24) is 5.43 Å². The normalized spacial score (nSPS) is 10.2. The van der Waals surface area contributed by atoms with Gasteiger partial charge < -0.3 is 0 Å². The van der Waals surface area contributed by atoms with Crippen molar-refractivity contribution in [2.45, 2.75) is 30.6 Å². The fraction of sp³-hybridized carbons (Fsp3) is 0.417. The van der Waals surface area contributed by atoms with Gasteiger partial charge in [-0.3, -0.25) is 10.2 Å². The second-order valence-corrected chi connectivity index (χ2v) is 5.65. The first-order valence-electron chi connectivity index (χ1n) is 5.61. The molecule has 0 aliphatic carbocycles. The van der Waals surface area contributed by atoms with E-state index in [0.717, 1.165) is 29.5 Å². The average molecular weight is 317 g/mol. The highest BCUT2D eigenvalue weighted by Crippen LogP contribution is 2.27. The summed E-state index contributed by atoms with van der Waals surface area (Å²) in [6.45, 7) is 0.